The first kappa shape index (κ1) is 29.4. The zero-order valence-electron chi connectivity index (χ0n) is 20.3. The fourth-order valence-corrected chi connectivity index (χ4v) is 3.42. The van der Waals surface area contributed by atoms with Crippen LogP contribution in [-0.2, 0) is 28.6 Å². The molecule has 0 spiro atoms. The van der Waals surface area contributed by atoms with E-state index in [1.54, 1.807) is 0 Å². The largest absolute Gasteiger partial charge is 0.462 e. The molecule has 0 aliphatic carbocycles. The maximum Gasteiger partial charge on any atom is 0.306 e. The second-order valence-corrected chi connectivity index (χ2v) is 8.42. The first-order valence-electron chi connectivity index (χ1n) is 12.4. The van der Waals surface area contributed by atoms with Crippen molar-refractivity contribution in [3.63, 3.8) is 0 Å². The van der Waals surface area contributed by atoms with E-state index in [2.05, 4.69) is 6.92 Å². The molecule has 0 N–H and O–H groups in total. The molecule has 0 aromatic heterocycles. The Balaban J connectivity index is 3.57. The van der Waals surface area contributed by atoms with Gasteiger partial charge < -0.3 is 14.2 Å². The highest BCUT2D eigenvalue weighted by Gasteiger charge is 2.17. The molecule has 0 heterocycles. The molecule has 31 heavy (non-hydrogen) atoms. The summed E-state index contributed by atoms with van der Waals surface area (Å²) in [4.78, 5) is 33.8. The van der Waals surface area contributed by atoms with Crippen molar-refractivity contribution < 1.29 is 28.6 Å². The van der Waals surface area contributed by atoms with Crippen LogP contribution in [0.4, 0.5) is 0 Å². The van der Waals surface area contributed by atoms with Gasteiger partial charge in [0, 0.05) is 20.3 Å². The van der Waals surface area contributed by atoms with E-state index in [1.807, 2.05) is 0 Å². The number of rotatable bonds is 21. The average Bonchev–Trinajstić information content (AvgIpc) is 2.72. The van der Waals surface area contributed by atoms with E-state index in [0.717, 1.165) is 19.3 Å². The Bertz CT molecular complexity index is 445. The van der Waals surface area contributed by atoms with Gasteiger partial charge in [0.15, 0.2) is 6.10 Å². The monoisotopic (exact) mass is 442 g/mol. The minimum Gasteiger partial charge on any atom is -0.462 e. The number of esters is 3. The lowest BCUT2D eigenvalue weighted by Crippen LogP contribution is -2.30. The third kappa shape index (κ3) is 22.9. The quantitative estimate of drug-likeness (QED) is 0.118. The SMILES string of the molecule is CCCCCCCCCCCCCCCCCC(=O)OC(COC(C)=O)COC(C)=O. The van der Waals surface area contributed by atoms with E-state index in [-0.39, 0.29) is 19.2 Å². The Morgan fingerprint density at radius 1 is 0.581 bits per heavy atom. The van der Waals surface area contributed by atoms with Gasteiger partial charge in [-0.1, -0.05) is 96.8 Å². The Hall–Kier alpha value is -1.59. The van der Waals surface area contributed by atoms with Crippen LogP contribution in [0.5, 0.6) is 0 Å². The number of hydrogen-bond acceptors (Lipinski definition) is 6. The molecule has 0 aliphatic rings. The lowest BCUT2D eigenvalue weighted by Gasteiger charge is -2.17. The van der Waals surface area contributed by atoms with Gasteiger partial charge in [-0.25, -0.2) is 0 Å². The third-order valence-electron chi connectivity index (χ3n) is 5.23. The van der Waals surface area contributed by atoms with Gasteiger partial charge in [-0.05, 0) is 6.42 Å². The van der Waals surface area contributed by atoms with Gasteiger partial charge in [0.25, 0.3) is 0 Å². The molecule has 0 amide bonds. The second kappa shape index (κ2) is 21.6. The van der Waals surface area contributed by atoms with Crippen LogP contribution >= 0.6 is 0 Å². The van der Waals surface area contributed by atoms with Crippen LogP contribution in [0.15, 0.2) is 0 Å². The normalized spacial score (nSPS) is 10.8. The molecule has 0 bridgehead atoms. The molecule has 6 nitrogen and oxygen atoms in total. The molecule has 0 atom stereocenters. The van der Waals surface area contributed by atoms with Crippen molar-refractivity contribution in [2.45, 2.75) is 130 Å². The number of unbranched alkanes of at least 4 members (excludes halogenated alkanes) is 14. The number of carbonyl (C=O) groups is 3. The van der Waals surface area contributed by atoms with E-state index in [9.17, 15) is 14.4 Å². The summed E-state index contributed by atoms with van der Waals surface area (Å²) in [7, 11) is 0. The van der Waals surface area contributed by atoms with Crippen LogP contribution < -0.4 is 0 Å². The van der Waals surface area contributed by atoms with Gasteiger partial charge in [0.2, 0.25) is 0 Å². The molecule has 0 unspecified atom stereocenters. The van der Waals surface area contributed by atoms with Crippen molar-refractivity contribution in [1.82, 2.24) is 0 Å². The standard InChI is InChI=1S/C25H46O6/c1-4-5-6-7-8-9-10-11-12-13-14-15-16-17-18-19-25(28)31-24(20-29-22(2)26)21-30-23(3)27/h24H,4-21H2,1-3H3. The molecule has 0 radical (unpaired) electrons. The predicted molar refractivity (Wildman–Crippen MR) is 123 cm³/mol. The van der Waals surface area contributed by atoms with E-state index < -0.39 is 18.0 Å². The Kier molecular flexibility index (Phi) is 20.5. The van der Waals surface area contributed by atoms with Crippen molar-refractivity contribution in [1.29, 1.82) is 0 Å². The average molecular weight is 443 g/mol. The zero-order valence-corrected chi connectivity index (χ0v) is 20.3. The first-order valence-corrected chi connectivity index (χ1v) is 12.4. The van der Waals surface area contributed by atoms with E-state index in [4.69, 9.17) is 14.2 Å². The summed E-state index contributed by atoms with van der Waals surface area (Å²) in [6.45, 7) is 4.61. The maximum absolute atomic E-state index is 12.0. The Morgan fingerprint density at radius 3 is 1.29 bits per heavy atom. The lowest BCUT2D eigenvalue weighted by atomic mass is 10.0. The van der Waals surface area contributed by atoms with Crippen molar-refractivity contribution in [2.75, 3.05) is 13.2 Å². The summed E-state index contributed by atoms with van der Waals surface area (Å²) in [5.74, 6) is -1.28. The van der Waals surface area contributed by atoms with Gasteiger partial charge in [-0.2, -0.15) is 0 Å². The Labute approximate surface area is 189 Å². The topological polar surface area (TPSA) is 78.9 Å². The zero-order chi connectivity index (χ0) is 23.2. The van der Waals surface area contributed by atoms with Gasteiger partial charge in [0.05, 0.1) is 0 Å². The molecule has 0 aromatic rings. The van der Waals surface area contributed by atoms with Crippen LogP contribution in [0.3, 0.4) is 0 Å². The highest BCUT2D eigenvalue weighted by molar-refractivity contribution is 5.70. The van der Waals surface area contributed by atoms with Crippen molar-refractivity contribution in [3.05, 3.63) is 0 Å². The Morgan fingerprint density at radius 2 is 0.935 bits per heavy atom. The smallest absolute Gasteiger partial charge is 0.306 e. The van der Waals surface area contributed by atoms with Crippen LogP contribution in [0.25, 0.3) is 0 Å². The third-order valence-corrected chi connectivity index (χ3v) is 5.23. The summed E-state index contributed by atoms with van der Waals surface area (Å²) < 4.78 is 15.0. The van der Waals surface area contributed by atoms with E-state index in [1.165, 1.54) is 90.9 Å². The highest BCUT2D eigenvalue weighted by Crippen LogP contribution is 2.14. The predicted octanol–water partition coefficient (Wildman–Crippen LogP) is 6.29. The van der Waals surface area contributed by atoms with Crippen LogP contribution in [-0.4, -0.2) is 37.2 Å². The van der Waals surface area contributed by atoms with Crippen LogP contribution in [0.1, 0.15) is 124 Å². The summed E-state index contributed by atoms with van der Waals surface area (Å²) >= 11 is 0. The summed E-state index contributed by atoms with van der Waals surface area (Å²) in [5.41, 5.74) is 0. The van der Waals surface area contributed by atoms with Crippen molar-refractivity contribution in [3.8, 4) is 0 Å². The number of carbonyl (C=O) groups excluding carboxylic acids is 3. The minimum atomic E-state index is -0.753. The number of ether oxygens (including phenoxy) is 3. The number of hydrogen-bond donors (Lipinski definition) is 0. The molecule has 0 aliphatic heterocycles. The summed E-state index contributed by atoms with van der Waals surface area (Å²) in [6.07, 6.45) is 18.7. The lowest BCUT2D eigenvalue weighted by molar-refractivity contribution is -0.165. The summed E-state index contributed by atoms with van der Waals surface area (Å²) in [6, 6.07) is 0. The van der Waals surface area contributed by atoms with Gasteiger partial charge in [0.1, 0.15) is 13.2 Å². The molecule has 182 valence electrons. The van der Waals surface area contributed by atoms with Gasteiger partial charge >= 0.3 is 17.9 Å². The second-order valence-electron chi connectivity index (χ2n) is 8.42. The minimum absolute atomic E-state index is 0.104. The highest BCUT2D eigenvalue weighted by atomic mass is 16.6. The van der Waals surface area contributed by atoms with E-state index in [0.29, 0.717) is 6.42 Å². The molecular formula is C25H46O6. The van der Waals surface area contributed by atoms with Crippen LogP contribution in [0.2, 0.25) is 0 Å². The van der Waals surface area contributed by atoms with E-state index >= 15 is 0 Å². The molecule has 0 rings (SSSR count). The fourth-order valence-electron chi connectivity index (χ4n) is 3.42. The summed E-state index contributed by atoms with van der Waals surface area (Å²) in [5, 5.41) is 0. The molecule has 6 heteroatoms. The van der Waals surface area contributed by atoms with Crippen molar-refractivity contribution >= 4 is 17.9 Å². The van der Waals surface area contributed by atoms with Crippen molar-refractivity contribution in [2.24, 2.45) is 0 Å². The fraction of sp³-hybridized carbons (Fsp3) is 0.880. The first-order chi connectivity index (χ1) is 15.0. The molecular weight excluding hydrogens is 396 g/mol. The molecule has 0 aromatic carbocycles. The maximum atomic E-state index is 12.0. The van der Waals surface area contributed by atoms with Gasteiger partial charge in [-0.15, -0.1) is 0 Å². The molecule has 0 fully saturated rings. The molecule has 0 saturated carbocycles. The van der Waals surface area contributed by atoms with Crippen LogP contribution in [0, 0.1) is 0 Å². The molecule has 0 saturated heterocycles. The van der Waals surface area contributed by atoms with Gasteiger partial charge in [-0.3, -0.25) is 14.4 Å².